The van der Waals surface area contributed by atoms with Crippen molar-refractivity contribution >= 4 is 40.2 Å². The van der Waals surface area contributed by atoms with Crippen LogP contribution in [0.5, 0.6) is 0 Å². The Morgan fingerprint density at radius 3 is 2.96 bits per heavy atom. The summed E-state index contributed by atoms with van der Waals surface area (Å²) in [5, 5.41) is 14.3. The number of hydrogen-bond acceptors (Lipinski definition) is 6. The molecule has 1 saturated carbocycles. The van der Waals surface area contributed by atoms with Crippen LogP contribution < -0.4 is 10.6 Å². The van der Waals surface area contributed by atoms with Gasteiger partial charge in [0, 0.05) is 17.7 Å². The van der Waals surface area contributed by atoms with Gasteiger partial charge in [-0.15, -0.1) is 0 Å². The Labute approximate surface area is 166 Å². The van der Waals surface area contributed by atoms with Crippen molar-refractivity contribution in [2.24, 2.45) is 0 Å². The number of benzene rings is 1. The van der Waals surface area contributed by atoms with Crippen LogP contribution in [-0.4, -0.2) is 30.1 Å². The highest BCUT2D eigenvalue weighted by Crippen LogP contribution is 2.39. The Hall–Kier alpha value is -3.13. The average molecular weight is 395 g/mol. The Balaban J connectivity index is 1.33. The van der Waals surface area contributed by atoms with E-state index in [1.54, 1.807) is 12.5 Å². The van der Waals surface area contributed by atoms with Gasteiger partial charge in [-0.2, -0.15) is 10.1 Å². The number of fused-ring (bicyclic) bond motifs is 1. The van der Waals surface area contributed by atoms with Gasteiger partial charge in [0.25, 0.3) is 0 Å². The second-order valence-corrected chi connectivity index (χ2v) is 7.45. The van der Waals surface area contributed by atoms with Crippen LogP contribution in [0.4, 0.5) is 17.6 Å². The minimum atomic E-state index is 0.00794. The summed E-state index contributed by atoms with van der Waals surface area (Å²) in [6, 6.07) is 8.11. The van der Waals surface area contributed by atoms with Gasteiger partial charge < -0.3 is 15.6 Å². The van der Waals surface area contributed by atoms with Gasteiger partial charge in [-0.25, -0.2) is 9.97 Å². The summed E-state index contributed by atoms with van der Waals surface area (Å²) < 4.78 is 0. The van der Waals surface area contributed by atoms with Gasteiger partial charge in [-0.05, 0) is 37.5 Å². The van der Waals surface area contributed by atoms with E-state index in [9.17, 15) is 0 Å². The molecule has 142 valence electrons. The van der Waals surface area contributed by atoms with Crippen molar-refractivity contribution in [3.63, 3.8) is 0 Å². The first-order valence-corrected chi connectivity index (χ1v) is 9.58. The highest BCUT2D eigenvalue weighted by molar-refractivity contribution is 6.32. The van der Waals surface area contributed by atoms with Crippen LogP contribution in [-0.2, 0) is 0 Å². The number of nitrogens with one attached hydrogen (secondary N) is 4. The summed E-state index contributed by atoms with van der Waals surface area (Å²) in [4.78, 5) is 16.2. The van der Waals surface area contributed by atoms with Gasteiger partial charge in [0.15, 0.2) is 11.6 Å². The third kappa shape index (κ3) is 3.38. The number of imidazole rings is 1. The average Bonchev–Trinajstić information content (AvgIpc) is 3.25. The number of halogens is 1. The van der Waals surface area contributed by atoms with Crippen LogP contribution in [0.2, 0.25) is 5.02 Å². The molecule has 1 unspecified atom stereocenters. The molecule has 0 aliphatic heterocycles. The Morgan fingerprint density at radius 2 is 2.11 bits per heavy atom. The van der Waals surface area contributed by atoms with E-state index >= 15 is 0 Å². The zero-order chi connectivity index (χ0) is 19.1. The van der Waals surface area contributed by atoms with E-state index in [-0.39, 0.29) is 6.04 Å². The fourth-order valence-corrected chi connectivity index (χ4v) is 3.29. The van der Waals surface area contributed by atoms with Gasteiger partial charge in [0.05, 0.1) is 29.6 Å². The largest absolute Gasteiger partial charge is 0.348 e. The predicted octanol–water partition coefficient (Wildman–Crippen LogP) is 4.52. The van der Waals surface area contributed by atoms with Crippen LogP contribution in [0.15, 0.2) is 36.8 Å². The summed E-state index contributed by atoms with van der Waals surface area (Å²) in [5.41, 5.74) is 4.19. The number of rotatable bonds is 6. The molecule has 1 atom stereocenters. The van der Waals surface area contributed by atoms with E-state index in [1.807, 2.05) is 18.2 Å². The Bertz CT molecular complexity index is 1130. The number of anilines is 3. The van der Waals surface area contributed by atoms with Crippen LogP contribution >= 0.6 is 11.6 Å². The van der Waals surface area contributed by atoms with Crippen molar-refractivity contribution in [3.05, 3.63) is 53.1 Å². The molecule has 0 spiro atoms. The van der Waals surface area contributed by atoms with Crippen molar-refractivity contribution in [2.45, 2.75) is 31.7 Å². The SMILES string of the molecule is CC(Nc1ncc(Cl)c(Nc2cc(C3CC3)[nH]n2)n1)c1ccc2nc[nH]c2c1. The normalized spacial score (nSPS) is 14.9. The monoisotopic (exact) mass is 394 g/mol. The molecule has 0 radical (unpaired) electrons. The van der Waals surface area contributed by atoms with Crippen LogP contribution in [0.3, 0.4) is 0 Å². The smallest absolute Gasteiger partial charge is 0.225 e. The van der Waals surface area contributed by atoms with Crippen molar-refractivity contribution in [3.8, 4) is 0 Å². The predicted molar refractivity (Wildman–Crippen MR) is 109 cm³/mol. The maximum atomic E-state index is 6.27. The minimum Gasteiger partial charge on any atom is -0.348 e. The Morgan fingerprint density at radius 1 is 1.21 bits per heavy atom. The summed E-state index contributed by atoms with van der Waals surface area (Å²) in [7, 11) is 0. The Kier molecular flexibility index (Phi) is 4.12. The molecule has 3 heterocycles. The van der Waals surface area contributed by atoms with Gasteiger partial charge in [-0.3, -0.25) is 5.10 Å². The maximum Gasteiger partial charge on any atom is 0.225 e. The fourth-order valence-electron chi connectivity index (χ4n) is 3.15. The molecular weight excluding hydrogens is 376 g/mol. The van der Waals surface area contributed by atoms with E-state index in [0.29, 0.717) is 28.5 Å². The highest BCUT2D eigenvalue weighted by Gasteiger charge is 2.25. The van der Waals surface area contributed by atoms with Gasteiger partial charge in [-0.1, -0.05) is 17.7 Å². The second-order valence-electron chi connectivity index (χ2n) is 7.04. The van der Waals surface area contributed by atoms with Crippen LogP contribution in [0.1, 0.15) is 43.0 Å². The molecule has 9 heteroatoms. The summed E-state index contributed by atoms with van der Waals surface area (Å²) in [6.07, 6.45) is 5.70. The molecule has 1 aliphatic carbocycles. The summed E-state index contributed by atoms with van der Waals surface area (Å²) in [5.74, 6) is 2.31. The van der Waals surface area contributed by atoms with Gasteiger partial charge in [0.1, 0.15) is 5.02 Å². The number of aromatic nitrogens is 6. The number of H-pyrrole nitrogens is 2. The van der Waals surface area contributed by atoms with E-state index in [0.717, 1.165) is 22.3 Å². The van der Waals surface area contributed by atoms with Gasteiger partial charge >= 0.3 is 0 Å². The second kappa shape index (κ2) is 6.79. The van der Waals surface area contributed by atoms with E-state index in [1.165, 1.54) is 12.8 Å². The maximum absolute atomic E-state index is 6.27. The first kappa shape index (κ1) is 17.0. The molecule has 1 aliphatic rings. The minimum absolute atomic E-state index is 0.00794. The van der Waals surface area contributed by atoms with E-state index < -0.39 is 0 Å². The molecule has 1 aromatic carbocycles. The molecule has 5 rings (SSSR count). The lowest BCUT2D eigenvalue weighted by Crippen LogP contribution is -2.10. The van der Waals surface area contributed by atoms with Gasteiger partial charge in [0.2, 0.25) is 5.95 Å². The number of nitrogens with zero attached hydrogens (tertiary/aromatic N) is 4. The van der Waals surface area contributed by atoms with Crippen LogP contribution in [0.25, 0.3) is 11.0 Å². The van der Waals surface area contributed by atoms with Crippen molar-refractivity contribution in [1.29, 1.82) is 0 Å². The third-order valence-electron chi connectivity index (χ3n) is 4.90. The lowest BCUT2D eigenvalue weighted by Gasteiger charge is -2.15. The fraction of sp³-hybridized carbons (Fsp3) is 0.263. The third-order valence-corrected chi connectivity index (χ3v) is 5.17. The molecule has 28 heavy (non-hydrogen) atoms. The molecular formula is C19H19ClN8. The first-order valence-electron chi connectivity index (χ1n) is 9.20. The molecule has 0 saturated heterocycles. The zero-order valence-electron chi connectivity index (χ0n) is 15.2. The summed E-state index contributed by atoms with van der Waals surface area (Å²) >= 11 is 6.27. The topological polar surface area (TPSA) is 107 Å². The van der Waals surface area contributed by atoms with Crippen molar-refractivity contribution in [1.82, 2.24) is 30.1 Å². The molecule has 1 fully saturated rings. The van der Waals surface area contributed by atoms with E-state index in [4.69, 9.17) is 11.6 Å². The molecule has 3 aromatic heterocycles. The summed E-state index contributed by atoms with van der Waals surface area (Å²) in [6.45, 7) is 2.05. The number of hydrogen-bond donors (Lipinski definition) is 4. The lowest BCUT2D eigenvalue weighted by atomic mass is 10.1. The number of aromatic amines is 2. The zero-order valence-corrected chi connectivity index (χ0v) is 16.0. The molecule has 0 bridgehead atoms. The molecule has 4 N–H and O–H groups in total. The standard InChI is InChI=1S/C19H19ClN8/c1-10(12-4-5-14-16(6-12)23-9-22-14)24-19-21-8-13(20)18(26-19)25-17-7-15(27-28-17)11-2-3-11/h4-11H,2-3H2,1H3,(H,22,23)(H3,21,24,25,26,27,28). The first-order chi connectivity index (χ1) is 13.7. The van der Waals surface area contributed by atoms with Crippen molar-refractivity contribution < 1.29 is 0 Å². The van der Waals surface area contributed by atoms with E-state index in [2.05, 4.69) is 53.8 Å². The molecule has 4 aromatic rings. The lowest BCUT2D eigenvalue weighted by molar-refractivity contribution is 0.862. The molecule has 8 nitrogen and oxygen atoms in total. The molecule has 0 amide bonds. The highest BCUT2D eigenvalue weighted by atomic mass is 35.5. The van der Waals surface area contributed by atoms with Crippen LogP contribution in [0, 0.1) is 0 Å². The van der Waals surface area contributed by atoms with Crippen molar-refractivity contribution in [2.75, 3.05) is 10.6 Å². The quantitative estimate of drug-likeness (QED) is 0.383.